The molecule has 106 valence electrons. The first-order valence-corrected chi connectivity index (χ1v) is 6.89. The van der Waals surface area contributed by atoms with E-state index >= 15 is 0 Å². The Morgan fingerprint density at radius 3 is 2.59 bits per heavy atom. The van der Waals surface area contributed by atoms with Crippen LogP contribution in [0.4, 0.5) is 0 Å². The van der Waals surface area contributed by atoms with Crippen LogP contribution in [0.15, 0.2) is 65.7 Å². The molecule has 0 saturated heterocycles. The predicted octanol–water partition coefficient (Wildman–Crippen LogP) is 2.98. The van der Waals surface area contributed by atoms with Crippen LogP contribution < -0.4 is 5.56 Å². The van der Waals surface area contributed by atoms with Gasteiger partial charge in [0.2, 0.25) is 5.56 Å². The first-order valence-electron chi connectivity index (χ1n) is 6.89. The minimum absolute atomic E-state index is 0.136. The summed E-state index contributed by atoms with van der Waals surface area (Å²) in [5.41, 5.74) is 4.07. The molecule has 0 fully saturated rings. The molecule has 0 aliphatic rings. The molecule has 5 heteroatoms. The summed E-state index contributed by atoms with van der Waals surface area (Å²) < 4.78 is 0. The highest BCUT2D eigenvalue weighted by atomic mass is 16.1. The molecule has 0 spiro atoms. The van der Waals surface area contributed by atoms with Crippen LogP contribution in [0.3, 0.4) is 0 Å². The van der Waals surface area contributed by atoms with Crippen molar-refractivity contribution in [2.45, 2.75) is 0 Å². The Hall–Kier alpha value is -3.21. The van der Waals surface area contributed by atoms with Crippen molar-refractivity contribution in [2.75, 3.05) is 0 Å². The van der Waals surface area contributed by atoms with Crippen LogP contribution in [0.5, 0.6) is 0 Å². The van der Waals surface area contributed by atoms with Gasteiger partial charge in [-0.15, -0.1) is 0 Å². The second kappa shape index (κ2) is 4.96. The molecule has 0 saturated carbocycles. The zero-order chi connectivity index (χ0) is 14.9. The van der Waals surface area contributed by atoms with E-state index in [4.69, 9.17) is 0 Å². The van der Waals surface area contributed by atoms with Crippen LogP contribution in [-0.4, -0.2) is 20.2 Å². The third kappa shape index (κ3) is 2.18. The Morgan fingerprint density at radius 1 is 0.864 bits per heavy atom. The number of nitrogens with zero attached hydrogens (tertiary/aromatic N) is 2. The zero-order valence-corrected chi connectivity index (χ0v) is 11.6. The van der Waals surface area contributed by atoms with Gasteiger partial charge in [-0.25, -0.2) is 4.98 Å². The summed E-state index contributed by atoms with van der Waals surface area (Å²) in [5.74, 6) is 0. The molecule has 5 nitrogen and oxygen atoms in total. The second-order valence-electron chi connectivity index (χ2n) is 5.04. The predicted molar refractivity (Wildman–Crippen MR) is 85.4 cm³/mol. The Labute approximate surface area is 125 Å². The highest BCUT2D eigenvalue weighted by Gasteiger charge is 2.06. The van der Waals surface area contributed by atoms with E-state index in [2.05, 4.69) is 20.2 Å². The lowest BCUT2D eigenvalue weighted by Gasteiger charge is -2.05. The molecule has 3 heterocycles. The lowest BCUT2D eigenvalue weighted by molar-refractivity contribution is 1.10. The molecular formula is C17H12N4O. The number of H-pyrrole nitrogens is 2. The fraction of sp³-hybridized carbons (Fsp3) is 0. The van der Waals surface area contributed by atoms with Crippen LogP contribution in [0.1, 0.15) is 0 Å². The van der Waals surface area contributed by atoms with Gasteiger partial charge in [0.25, 0.3) is 0 Å². The van der Waals surface area contributed by atoms with Crippen LogP contribution >= 0.6 is 0 Å². The fourth-order valence-corrected chi connectivity index (χ4v) is 2.48. The third-order valence-electron chi connectivity index (χ3n) is 3.55. The van der Waals surface area contributed by atoms with Crippen molar-refractivity contribution < 1.29 is 0 Å². The summed E-state index contributed by atoms with van der Waals surface area (Å²) in [7, 11) is 0. The Balaban J connectivity index is 1.88. The number of hydrogen-bond donors (Lipinski definition) is 2. The number of fused-ring (bicyclic) bond motifs is 1. The number of pyridine rings is 2. The summed E-state index contributed by atoms with van der Waals surface area (Å²) in [4.78, 5) is 19.2. The molecule has 4 aromatic rings. The highest BCUT2D eigenvalue weighted by molar-refractivity contribution is 5.81. The second-order valence-corrected chi connectivity index (χ2v) is 5.04. The van der Waals surface area contributed by atoms with Crippen molar-refractivity contribution >= 4 is 11.0 Å². The summed E-state index contributed by atoms with van der Waals surface area (Å²) >= 11 is 0. The molecule has 2 N–H and O–H groups in total. The van der Waals surface area contributed by atoms with Crippen molar-refractivity contribution in [3.63, 3.8) is 0 Å². The standard InChI is InChI=1S/C17H12N4O/c22-16-8-12(7-15(20-16)11-4-2-1-3-5-11)13-6-14-10-19-21-17(14)18-9-13/h1-10H,(H,20,22)(H,18,19,21). The van der Waals surface area contributed by atoms with Crippen LogP contribution in [0.25, 0.3) is 33.4 Å². The van der Waals surface area contributed by atoms with Gasteiger partial charge in [-0.05, 0) is 23.3 Å². The van der Waals surface area contributed by atoms with E-state index in [1.165, 1.54) is 0 Å². The maximum Gasteiger partial charge on any atom is 0.249 e. The van der Waals surface area contributed by atoms with Crippen LogP contribution in [-0.2, 0) is 0 Å². The Bertz CT molecular complexity index is 1000. The van der Waals surface area contributed by atoms with Crippen molar-refractivity contribution in [2.24, 2.45) is 0 Å². The van der Waals surface area contributed by atoms with Gasteiger partial charge in [0, 0.05) is 28.9 Å². The van der Waals surface area contributed by atoms with E-state index in [9.17, 15) is 4.79 Å². The molecule has 0 aliphatic carbocycles. The quantitative estimate of drug-likeness (QED) is 0.595. The molecule has 0 radical (unpaired) electrons. The smallest absolute Gasteiger partial charge is 0.249 e. The largest absolute Gasteiger partial charge is 0.322 e. The van der Waals surface area contributed by atoms with E-state index in [1.807, 2.05) is 42.5 Å². The van der Waals surface area contributed by atoms with E-state index in [0.29, 0.717) is 0 Å². The maximum absolute atomic E-state index is 12.0. The number of hydrogen-bond acceptors (Lipinski definition) is 3. The van der Waals surface area contributed by atoms with Gasteiger partial charge in [-0.2, -0.15) is 5.10 Å². The number of aromatic nitrogens is 4. The van der Waals surface area contributed by atoms with Gasteiger partial charge in [0.15, 0.2) is 5.65 Å². The van der Waals surface area contributed by atoms with Gasteiger partial charge in [-0.3, -0.25) is 9.89 Å². The van der Waals surface area contributed by atoms with E-state index in [1.54, 1.807) is 18.5 Å². The molecule has 4 rings (SSSR count). The molecule has 1 aromatic carbocycles. The van der Waals surface area contributed by atoms with Crippen molar-refractivity contribution in [1.29, 1.82) is 0 Å². The van der Waals surface area contributed by atoms with E-state index in [-0.39, 0.29) is 5.56 Å². The average molecular weight is 288 g/mol. The Morgan fingerprint density at radius 2 is 1.73 bits per heavy atom. The minimum Gasteiger partial charge on any atom is -0.322 e. The van der Waals surface area contributed by atoms with Gasteiger partial charge >= 0.3 is 0 Å². The Kier molecular flexibility index (Phi) is 2.83. The molecule has 0 atom stereocenters. The minimum atomic E-state index is -0.136. The molecule has 0 amide bonds. The number of rotatable bonds is 2. The molecule has 22 heavy (non-hydrogen) atoms. The summed E-state index contributed by atoms with van der Waals surface area (Å²) in [6.45, 7) is 0. The van der Waals surface area contributed by atoms with Gasteiger partial charge in [0.05, 0.1) is 6.20 Å². The summed E-state index contributed by atoms with van der Waals surface area (Å²) in [6, 6.07) is 15.3. The normalized spacial score (nSPS) is 10.9. The monoisotopic (exact) mass is 288 g/mol. The molecule has 3 aromatic heterocycles. The van der Waals surface area contributed by atoms with Gasteiger partial charge in [-0.1, -0.05) is 30.3 Å². The molecule has 0 aliphatic heterocycles. The van der Waals surface area contributed by atoms with Crippen LogP contribution in [0.2, 0.25) is 0 Å². The number of nitrogens with one attached hydrogen (secondary N) is 2. The summed E-state index contributed by atoms with van der Waals surface area (Å²) in [6.07, 6.45) is 3.46. The highest BCUT2D eigenvalue weighted by Crippen LogP contribution is 2.24. The zero-order valence-electron chi connectivity index (χ0n) is 11.6. The van der Waals surface area contributed by atoms with Gasteiger partial charge < -0.3 is 4.98 Å². The molecule has 0 bridgehead atoms. The molecular weight excluding hydrogens is 276 g/mol. The first-order chi connectivity index (χ1) is 10.8. The fourth-order valence-electron chi connectivity index (χ4n) is 2.48. The van der Waals surface area contributed by atoms with E-state index in [0.717, 1.165) is 33.4 Å². The van der Waals surface area contributed by atoms with Crippen molar-refractivity contribution in [3.05, 3.63) is 71.3 Å². The number of aromatic amines is 2. The molecule has 0 unspecified atom stereocenters. The van der Waals surface area contributed by atoms with Gasteiger partial charge in [0.1, 0.15) is 0 Å². The summed E-state index contributed by atoms with van der Waals surface area (Å²) in [5, 5.41) is 7.70. The average Bonchev–Trinajstić information content (AvgIpc) is 3.02. The van der Waals surface area contributed by atoms with Crippen molar-refractivity contribution in [3.8, 4) is 22.4 Å². The maximum atomic E-state index is 12.0. The third-order valence-corrected chi connectivity index (χ3v) is 3.55. The SMILES string of the molecule is O=c1cc(-c2cnc3[nH]ncc3c2)cc(-c2ccccc2)[nH]1. The topological polar surface area (TPSA) is 74.4 Å². The lowest BCUT2D eigenvalue weighted by Crippen LogP contribution is -2.05. The lowest BCUT2D eigenvalue weighted by atomic mass is 10.0. The number of benzene rings is 1. The first kappa shape index (κ1) is 12.5. The van der Waals surface area contributed by atoms with Crippen LogP contribution in [0, 0.1) is 0 Å². The van der Waals surface area contributed by atoms with E-state index < -0.39 is 0 Å². The van der Waals surface area contributed by atoms with Crippen molar-refractivity contribution in [1.82, 2.24) is 20.2 Å².